The first-order valence-electron chi connectivity index (χ1n) is 6.19. The minimum Gasteiger partial charge on any atom is -0.312 e. The van der Waals surface area contributed by atoms with Crippen molar-refractivity contribution in [3.63, 3.8) is 0 Å². The first kappa shape index (κ1) is 11.0. The number of hydrogen-bond donors (Lipinski definition) is 0. The summed E-state index contributed by atoms with van der Waals surface area (Å²) in [5.41, 5.74) is 0.989. The third kappa shape index (κ3) is 1.80. The summed E-state index contributed by atoms with van der Waals surface area (Å²) in [6.07, 6.45) is 2.45. The molecule has 1 saturated heterocycles. The zero-order valence-electron chi connectivity index (χ0n) is 10.2. The summed E-state index contributed by atoms with van der Waals surface area (Å²) < 4.78 is 0. The summed E-state index contributed by atoms with van der Waals surface area (Å²) in [5.74, 6) is 0.471. The van der Waals surface area contributed by atoms with Crippen LogP contribution in [0.25, 0.3) is 10.8 Å². The van der Waals surface area contributed by atoms with Gasteiger partial charge in [-0.25, -0.2) is 0 Å². The van der Waals surface area contributed by atoms with Crippen LogP contribution in [0.4, 0.5) is 5.69 Å². The van der Waals surface area contributed by atoms with Crippen LogP contribution in [0.2, 0.25) is 0 Å². The lowest BCUT2D eigenvalue weighted by molar-refractivity contribution is -0.117. The topological polar surface area (TPSA) is 20.3 Å². The standard InChI is InChI=1S/C16H15NO/c1-2-12-9-16(18)17(11-12)15-8-7-13-5-3-4-6-14(13)10-15/h2-8,10,12H,1,9,11H2. The molecule has 2 aromatic rings. The van der Waals surface area contributed by atoms with E-state index in [0.717, 1.165) is 12.2 Å². The fourth-order valence-electron chi connectivity index (χ4n) is 2.49. The van der Waals surface area contributed by atoms with Gasteiger partial charge >= 0.3 is 0 Å². The molecule has 18 heavy (non-hydrogen) atoms. The normalized spacial score (nSPS) is 19.4. The number of fused-ring (bicyclic) bond motifs is 1. The van der Waals surface area contributed by atoms with Gasteiger partial charge in [0.1, 0.15) is 0 Å². The van der Waals surface area contributed by atoms with Crippen LogP contribution in [-0.2, 0) is 4.79 Å². The highest BCUT2D eigenvalue weighted by atomic mass is 16.2. The van der Waals surface area contributed by atoms with Crippen LogP contribution in [-0.4, -0.2) is 12.5 Å². The summed E-state index contributed by atoms with van der Waals surface area (Å²) >= 11 is 0. The fourth-order valence-corrected chi connectivity index (χ4v) is 2.49. The molecule has 0 aliphatic carbocycles. The molecule has 0 aromatic heterocycles. The van der Waals surface area contributed by atoms with Crippen LogP contribution in [0, 0.1) is 5.92 Å². The molecule has 0 bridgehead atoms. The van der Waals surface area contributed by atoms with E-state index >= 15 is 0 Å². The van der Waals surface area contributed by atoms with Gasteiger partial charge < -0.3 is 4.90 Å². The molecule has 3 rings (SSSR count). The molecule has 1 unspecified atom stereocenters. The zero-order chi connectivity index (χ0) is 12.5. The van der Waals surface area contributed by atoms with Crippen LogP contribution < -0.4 is 4.90 Å². The Morgan fingerprint density at radius 3 is 2.67 bits per heavy atom. The monoisotopic (exact) mass is 237 g/mol. The summed E-state index contributed by atoms with van der Waals surface area (Å²) in [6.45, 7) is 4.53. The maximum absolute atomic E-state index is 12.0. The first-order valence-corrected chi connectivity index (χ1v) is 6.19. The molecule has 1 amide bonds. The molecule has 1 heterocycles. The van der Waals surface area contributed by atoms with Crippen molar-refractivity contribution in [2.75, 3.05) is 11.4 Å². The molecule has 0 radical (unpaired) electrons. The van der Waals surface area contributed by atoms with E-state index in [9.17, 15) is 4.79 Å². The van der Waals surface area contributed by atoms with E-state index in [0.29, 0.717) is 6.42 Å². The van der Waals surface area contributed by atoms with Gasteiger partial charge in [-0.15, -0.1) is 6.58 Å². The Labute approximate surface area is 107 Å². The van der Waals surface area contributed by atoms with E-state index in [4.69, 9.17) is 0 Å². The van der Waals surface area contributed by atoms with Gasteiger partial charge in [-0.2, -0.15) is 0 Å². The second-order valence-corrected chi connectivity index (χ2v) is 4.74. The Hall–Kier alpha value is -2.09. The van der Waals surface area contributed by atoms with Crippen molar-refractivity contribution >= 4 is 22.4 Å². The predicted octanol–water partition coefficient (Wildman–Crippen LogP) is 3.38. The number of benzene rings is 2. The molecule has 0 N–H and O–H groups in total. The van der Waals surface area contributed by atoms with Crippen LogP contribution in [0.15, 0.2) is 55.1 Å². The van der Waals surface area contributed by atoms with Crippen molar-refractivity contribution in [3.8, 4) is 0 Å². The van der Waals surface area contributed by atoms with Crippen molar-refractivity contribution in [1.82, 2.24) is 0 Å². The van der Waals surface area contributed by atoms with Gasteiger partial charge in [-0.05, 0) is 22.9 Å². The van der Waals surface area contributed by atoms with Crippen LogP contribution in [0.3, 0.4) is 0 Å². The molecular weight excluding hydrogens is 222 g/mol. The first-order chi connectivity index (χ1) is 8.78. The van der Waals surface area contributed by atoms with Crippen LogP contribution >= 0.6 is 0 Å². The van der Waals surface area contributed by atoms with E-state index in [1.165, 1.54) is 10.8 Å². The summed E-state index contributed by atoms with van der Waals surface area (Å²) in [4.78, 5) is 13.8. The number of hydrogen-bond acceptors (Lipinski definition) is 1. The predicted molar refractivity (Wildman–Crippen MR) is 74.6 cm³/mol. The maximum atomic E-state index is 12.0. The summed E-state index contributed by atoms with van der Waals surface area (Å²) in [5, 5.41) is 2.37. The highest BCUT2D eigenvalue weighted by Crippen LogP contribution is 2.28. The van der Waals surface area contributed by atoms with Gasteiger partial charge in [0, 0.05) is 24.6 Å². The SMILES string of the molecule is C=CC1CC(=O)N(c2ccc3ccccc3c2)C1. The Morgan fingerprint density at radius 1 is 1.17 bits per heavy atom. The lowest BCUT2D eigenvalue weighted by Gasteiger charge is -2.16. The van der Waals surface area contributed by atoms with Gasteiger partial charge in [0.05, 0.1) is 0 Å². The molecule has 1 atom stereocenters. The van der Waals surface area contributed by atoms with Crippen LogP contribution in [0.5, 0.6) is 0 Å². The second kappa shape index (κ2) is 4.30. The summed E-state index contributed by atoms with van der Waals surface area (Å²) in [7, 11) is 0. The fraction of sp³-hybridized carbons (Fsp3) is 0.188. The van der Waals surface area contributed by atoms with Gasteiger partial charge in [0.25, 0.3) is 0 Å². The Balaban J connectivity index is 1.99. The summed E-state index contributed by atoms with van der Waals surface area (Å²) in [6, 6.07) is 14.4. The van der Waals surface area contributed by atoms with Crippen molar-refractivity contribution in [3.05, 3.63) is 55.1 Å². The minimum absolute atomic E-state index is 0.190. The minimum atomic E-state index is 0.190. The van der Waals surface area contributed by atoms with Crippen molar-refractivity contribution in [1.29, 1.82) is 0 Å². The maximum Gasteiger partial charge on any atom is 0.227 e. The van der Waals surface area contributed by atoms with E-state index in [1.807, 2.05) is 29.2 Å². The largest absolute Gasteiger partial charge is 0.312 e. The number of amides is 1. The molecule has 1 aliphatic heterocycles. The molecule has 2 nitrogen and oxygen atoms in total. The quantitative estimate of drug-likeness (QED) is 0.733. The third-order valence-corrected chi connectivity index (χ3v) is 3.53. The second-order valence-electron chi connectivity index (χ2n) is 4.74. The van der Waals surface area contributed by atoms with E-state index in [-0.39, 0.29) is 11.8 Å². The third-order valence-electron chi connectivity index (χ3n) is 3.53. The molecule has 90 valence electrons. The van der Waals surface area contributed by atoms with E-state index < -0.39 is 0 Å². The van der Waals surface area contributed by atoms with Gasteiger partial charge in [0.2, 0.25) is 5.91 Å². The van der Waals surface area contributed by atoms with Crippen molar-refractivity contribution in [2.45, 2.75) is 6.42 Å². The Bertz CT molecular complexity index is 617. The van der Waals surface area contributed by atoms with Gasteiger partial charge in [-0.1, -0.05) is 36.4 Å². The molecule has 1 fully saturated rings. The molecular formula is C16H15NO. The van der Waals surface area contributed by atoms with Crippen molar-refractivity contribution in [2.24, 2.45) is 5.92 Å². The highest BCUT2D eigenvalue weighted by molar-refractivity contribution is 5.98. The smallest absolute Gasteiger partial charge is 0.227 e. The van der Waals surface area contributed by atoms with Gasteiger partial charge in [-0.3, -0.25) is 4.79 Å². The number of rotatable bonds is 2. The average molecular weight is 237 g/mol. The van der Waals surface area contributed by atoms with E-state index in [2.05, 4.69) is 30.8 Å². The highest BCUT2D eigenvalue weighted by Gasteiger charge is 2.28. The molecule has 2 aromatic carbocycles. The molecule has 2 heteroatoms. The molecule has 0 saturated carbocycles. The number of anilines is 1. The number of carbonyl (C=O) groups excluding carboxylic acids is 1. The Kier molecular flexibility index (Phi) is 2.63. The van der Waals surface area contributed by atoms with Crippen molar-refractivity contribution < 1.29 is 4.79 Å². The lowest BCUT2D eigenvalue weighted by atomic mass is 10.1. The molecule has 1 aliphatic rings. The van der Waals surface area contributed by atoms with Gasteiger partial charge in [0.15, 0.2) is 0 Å². The number of nitrogens with zero attached hydrogens (tertiary/aromatic N) is 1. The Morgan fingerprint density at radius 2 is 1.94 bits per heavy atom. The number of carbonyl (C=O) groups is 1. The average Bonchev–Trinajstić information content (AvgIpc) is 2.79. The molecule has 0 spiro atoms. The lowest BCUT2D eigenvalue weighted by Crippen LogP contribution is -2.24. The van der Waals surface area contributed by atoms with E-state index in [1.54, 1.807) is 0 Å². The van der Waals surface area contributed by atoms with Crippen LogP contribution in [0.1, 0.15) is 6.42 Å². The zero-order valence-corrected chi connectivity index (χ0v) is 10.2.